The van der Waals surface area contributed by atoms with Gasteiger partial charge in [0.2, 0.25) is 10.0 Å². The highest BCUT2D eigenvalue weighted by atomic mass is 32.2. The third-order valence-electron chi connectivity index (χ3n) is 8.66. The molecule has 0 unspecified atom stereocenters. The van der Waals surface area contributed by atoms with Gasteiger partial charge in [-0.25, -0.2) is 13.4 Å². The Bertz CT molecular complexity index is 1790. The van der Waals surface area contributed by atoms with E-state index >= 15 is 0 Å². The largest absolute Gasteiger partial charge is 0.481 e. The first kappa shape index (κ1) is 28.3. The lowest BCUT2D eigenvalue weighted by Crippen LogP contribution is -2.55. The number of anilines is 1. The number of sulfonamides is 1. The number of hydrogen-bond donors (Lipinski definition) is 1. The molecule has 42 heavy (non-hydrogen) atoms. The molecule has 2 aliphatic heterocycles. The minimum absolute atomic E-state index is 0.0427. The molecule has 0 radical (unpaired) electrons. The number of rotatable bonds is 6. The monoisotopic (exact) mass is 589 g/mol. The molecule has 1 aromatic carbocycles. The van der Waals surface area contributed by atoms with Gasteiger partial charge in [-0.05, 0) is 73.8 Å². The van der Waals surface area contributed by atoms with Gasteiger partial charge in [-0.2, -0.15) is 4.31 Å². The van der Waals surface area contributed by atoms with Crippen LogP contribution in [0.5, 0.6) is 0 Å². The Morgan fingerprint density at radius 2 is 1.90 bits per heavy atom. The SMILES string of the molecule is Cc1ccc([C@H](CC(=O)O)c2ccn3c(C)nnc3c2C)cc1CN1C[C@@H]2CN(C)CCN2c2ncccc2S1(=O)=O. The molecular weight excluding hydrogens is 554 g/mol. The van der Waals surface area contributed by atoms with Crippen LogP contribution in [0.2, 0.25) is 0 Å². The molecule has 2 aliphatic rings. The molecule has 0 saturated carbocycles. The lowest BCUT2D eigenvalue weighted by atomic mass is 9.85. The van der Waals surface area contributed by atoms with Crippen molar-refractivity contribution in [2.45, 2.75) is 50.6 Å². The number of aromatic nitrogens is 4. The maximum absolute atomic E-state index is 14.1. The average Bonchev–Trinajstić information content (AvgIpc) is 3.30. The van der Waals surface area contributed by atoms with Gasteiger partial charge in [0.25, 0.3) is 0 Å². The molecule has 4 aromatic rings. The molecule has 12 heteroatoms. The Labute approximate surface area is 245 Å². The summed E-state index contributed by atoms with van der Waals surface area (Å²) in [5, 5.41) is 18.4. The molecule has 3 aromatic heterocycles. The summed E-state index contributed by atoms with van der Waals surface area (Å²) < 4.78 is 31.6. The molecule has 0 aliphatic carbocycles. The van der Waals surface area contributed by atoms with Crippen LogP contribution in [0, 0.1) is 20.8 Å². The highest BCUT2D eigenvalue weighted by Gasteiger charge is 2.40. The van der Waals surface area contributed by atoms with Gasteiger partial charge in [0, 0.05) is 51.0 Å². The van der Waals surface area contributed by atoms with E-state index in [1.54, 1.807) is 22.6 Å². The maximum Gasteiger partial charge on any atom is 0.304 e. The Morgan fingerprint density at radius 1 is 1.10 bits per heavy atom. The Hall–Kier alpha value is -3.87. The van der Waals surface area contributed by atoms with Crippen LogP contribution in [0.3, 0.4) is 0 Å². The van der Waals surface area contributed by atoms with E-state index in [0.717, 1.165) is 46.7 Å². The number of likely N-dealkylation sites (N-methyl/N-ethyl adjacent to an activating group) is 1. The predicted molar refractivity (Wildman–Crippen MR) is 158 cm³/mol. The smallest absolute Gasteiger partial charge is 0.304 e. The van der Waals surface area contributed by atoms with Gasteiger partial charge < -0.3 is 14.9 Å². The normalized spacial score (nSPS) is 19.7. The van der Waals surface area contributed by atoms with E-state index in [1.165, 1.54) is 0 Å². The second-order valence-electron chi connectivity index (χ2n) is 11.4. The van der Waals surface area contributed by atoms with Crippen molar-refractivity contribution in [2.75, 3.05) is 38.1 Å². The fourth-order valence-corrected chi connectivity index (χ4v) is 7.91. The number of aliphatic carboxylic acids is 1. The number of benzene rings is 1. The highest BCUT2D eigenvalue weighted by Crippen LogP contribution is 2.36. The second-order valence-corrected chi connectivity index (χ2v) is 13.3. The lowest BCUT2D eigenvalue weighted by molar-refractivity contribution is -0.137. The van der Waals surface area contributed by atoms with Crippen molar-refractivity contribution in [3.8, 4) is 0 Å². The van der Waals surface area contributed by atoms with Gasteiger partial charge in [0.15, 0.2) is 5.65 Å². The third kappa shape index (κ3) is 4.93. The summed E-state index contributed by atoms with van der Waals surface area (Å²) in [5.74, 6) is -0.0957. The molecule has 1 saturated heterocycles. The van der Waals surface area contributed by atoms with E-state index in [-0.39, 0.29) is 23.9 Å². The number of fused-ring (bicyclic) bond motifs is 4. The highest BCUT2D eigenvalue weighted by molar-refractivity contribution is 7.89. The molecule has 11 nitrogen and oxygen atoms in total. The molecule has 220 valence electrons. The molecule has 0 spiro atoms. The molecule has 1 fully saturated rings. The van der Waals surface area contributed by atoms with Crippen LogP contribution in [-0.2, 0) is 21.4 Å². The van der Waals surface area contributed by atoms with Crippen molar-refractivity contribution >= 4 is 27.5 Å². The topological polar surface area (TPSA) is 124 Å². The van der Waals surface area contributed by atoms with Crippen molar-refractivity contribution in [3.05, 3.63) is 82.4 Å². The Balaban J connectivity index is 1.40. The van der Waals surface area contributed by atoms with Crippen molar-refractivity contribution in [2.24, 2.45) is 0 Å². The standard InChI is InChI=1S/C30H35N7O4S/c1-19-7-8-22(26(15-28(38)39)25-9-11-36-21(3)32-33-29(36)20(25)2)14-23(19)16-35-18-24-17-34(4)12-13-37(24)30-27(42(35,40)41)6-5-10-31-30/h5-11,14,24,26H,12-13,15-18H2,1-4H3,(H,38,39)/t24-,26-/m0/s1. The summed E-state index contributed by atoms with van der Waals surface area (Å²) in [5.41, 5.74) is 5.01. The van der Waals surface area contributed by atoms with Gasteiger partial charge in [-0.15, -0.1) is 10.2 Å². The lowest BCUT2D eigenvalue weighted by Gasteiger charge is -2.40. The Morgan fingerprint density at radius 3 is 2.69 bits per heavy atom. The summed E-state index contributed by atoms with van der Waals surface area (Å²) in [4.78, 5) is 21.2. The maximum atomic E-state index is 14.1. The van der Waals surface area contributed by atoms with Crippen LogP contribution < -0.4 is 4.90 Å². The molecule has 2 atom stereocenters. The first-order valence-electron chi connectivity index (χ1n) is 14.1. The van der Waals surface area contributed by atoms with Gasteiger partial charge >= 0.3 is 5.97 Å². The number of carbonyl (C=O) groups is 1. The quantitative estimate of drug-likeness (QED) is 0.361. The predicted octanol–water partition coefficient (Wildman–Crippen LogP) is 2.98. The van der Waals surface area contributed by atoms with Crippen molar-refractivity contribution in [1.82, 2.24) is 28.8 Å². The minimum Gasteiger partial charge on any atom is -0.481 e. The van der Waals surface area contributed by atoms with Gasteiger partial charge in [-0.1, -0.05) is 18.2 Å². The van der Waals surface area contributed by atoms with Gasteiger partial charge in [-0.3, -0.25) is 9.20 Å². The third-order valence-corrected chi connectivity index (χ3v) is 10.5. The van der Waals surface area contributed by atoms with E-state index in [0.29, 0.717) is 24.6 Å². The summed E-state index contributed by atoms with van der Waals surface area (Å²) >= 11 is 0. The number of piperazine rings is 1. The van der Waals surface area contributed by atoms with Gasteiger partial charge in [0.05, 0.1) is 12.5 Å². The van der Waals surface area contributed by atoms with Gasteiger partial charge in [0.1, 0.15) is 16.5 Å². The van der Waals surface area contributed by atoms with Crippen LogP contribution in [0.1, 0.15) is 46.0 Å². The molecule has 0 bridgehead atoms. The van der Waals surface area contributed by atoms with Crippen molar-refractivity contribution < 1.29 is 18.3 Å². The summed E-state index contributed by atoms with van der Waals surface area (Å²) in [6.45, 7) is 8.53. The molecule has 1 N–H and O–H groups in total. The van der Waals surface area contributed by atoms with Crippen LogP contribution >= 0.6 is 0 Å². The van der Waals surface area contributed by atoms with Crippen molar-refractivity contribution in [3.63, 3.8) is 0 Å². The number of nitrogens with zero attached hydrogens (tertiary/aromatic N) is 7. The fraction of sp³-hybridized carbons (Fsp3) is 0.400. The number of carboxylic acids is 1. The number of pyridine rings is 2. The molecule has 6 rings (SSSR count). The van der Waals surface area contributed by atoms with E-state index in [2.05, 4.69) is 32.0 Å². The number of hydrogen-bond acceptors (Lipinski definition) is 8. The minimum atomic E-state index is -3.84. The van der Waals surface area contributed by atoms with Crippen molar-refractivity contribution in [1.29, 1.82) is 0 Å². The van der Waals surface area contributed by atoms with Crippen LogP contribution in [0.25, 0.3) is 5.65 Å². The van der Waals surface area contributed by atoms with Crippen LogP contribution in [-0.4, -0.2) is 87.5 Å². The van der Waals surface area contributed by atoms with Crippen LogP contribution in [0.4, 0.5) is 5.82 Å². The van der Waals surface area contributed by atoms with E-state index < -0.39 is 21.9 Å². The summed E-state index contributed by atoms with van der Waals surface area (Å²) in [7, 11) is -1.79. The number of aryl methyl sites for hydroxylation is 3. The first-order chi connectivity index (χ1) is 20.0. The summed E-state index contributed by atoms with van der Waals surface area (Å²) in [6, 6.07) is 11.1. The molecule has 5 heterocycles. The van der Waals surface area contributed by atoms with E-state index in [9.17, 15) is 18.3 Å². The second kappa shape index (κ2) is 10.8. The number of carboxylic acid groups (broad SMARTS) is 1. The zero-order valence-corrected chi connectivity index (χ0v) is 25.0. The molecule has 0 amide bonds. The van der Waals surface area contributed by atoms with E-state index in [1.807, 2.05) is 55.6 Å². The summed E-state index contributed by atoms with van der Waals surface area (Å²) in [6.07, 6.45) is 3.41. The average molecular weight is 590 g/mol. The molecular formula is C30H35N7O4S. The zero-order valence-electron chi connectivity index (χ0n) is 24.2. The first-order valence-corrected chi connectivity index (χ1v) is 15.5. The fourth-order valence-electron chi connectivity index (χ4n) is 6.31. The zero-order chi connectivity index (χ0) is 29.8. The van der Waals surface area contributed by atoms with Crippen LogP contribution in [0.15, 0.2) is 53.7 Å². The Kier molecular flexibility index (Phi) is 7.24. The van der Waals surface area contributed by atoms with E-state index in [4.69, 9.17) is 0 Å².